The first-order valence-corrected chi connectivity index (χ1v) is 7.01. The van der Waals surface area contributed by atoms with Crippen LogP contribution in [0.25, 0.3) is 16.6 Å². The lowest BCUT2D eigenvalue weighted by atomic mass is 10.1. The number of methoxy groups -OCH3 is 2. The lowest BCUT2D eigenvalue weighted by molar-refractivity contribution is 0.0698. The fourth-order valence-electron chi connectivity index (χ4n) is 2.80. The summed E-state index contributed by atoms with van der Waals surface area (Å²) in [5.41, 5.74) is 2.47. The Morgan fingerprint density at radius 1 is 1.35 bits per heavy atom. The van der Waals surface area contributed by atoms with E-state index in [0.29, 0.717) is 23.6 Å². The number of fused-ring (bicyclic) bond motifs is 1. The van der Waals surface area contributed by atoms with Gasteiger partial charge in [0.2, 0.25) is 0 Å². The Kier molecular flexibility index (Phi) is 3.79. The molecule has 0 fully saturated rings. The fraction of sp³-hybridized carbons (Fsp3) is 0.250. The number of carboxylic acid groups (broad SMARTS) is 1. The van der Waals surface area contributed by atoms with Crippen LogP contribution >= 0.6 is 0 Å². The van der Waals surface area contributed by atoms with Crippen molar-refractivity contribution in [2.75, 3.05) is 14.2 Å². The lowest BCUT2D eigenvalue weighted by Crippen LogP contribution is -2.02. The van der Waals surface area contributed by atoms with Gasteiger partial charge in [0.1, 0.15) is 12.5 Å². The molecule has 0 aliphatic carbocycles. The van der Waals surface area contributed by atoms with Crippen molar-refractivity contribution >= 4 is 16.9 Å². The summed E-state index contributed by atoms with van der Waals surface area (Å²) in [5.74, 6) is -0.351. The maximum atomic E-state index is 11.7. The van der Waals surface area contributed by atoms with Crippen LogP contribution in [0.4, 0.5) is 0 Å². The second-order valence-corrected chi connectivity index (χ2v) is 5.14. The minimum atomic E-state index is -0.969. The zero-order chi connectivity index (χ0) is 16.6. The largest absolute Gasteiger partial charge is 0.497 e. The first-order chi connectivity index (χ1) is 11.1. The molecule has 23 heavy (non-hydrogen) atoms. The summed E-state index contributed by atoms with van der Waals surface area (Å²) in [6, 6.07) is 5.40. The maximum Gasteiger partial charge on any atom is 0.338 e. The van der Waals surface area contributed by atoms with Crippen LogP contribution in [0.15, 0.2) is 30.6 Å². The third-order valence-electron chi connectivity index (χ3n) is 3.76. The van der Waals surface area contributed by atoms with Crippen molar-refractivity contribution in [3.8, 4) is 11.4 Å². The SMILES string of the molecule is COCn1cc(-n2c(C)c(C(=O)O)c3cc(OC)ccc32)cn1. The summed E-state index contributed by atoms with van der Waals surface area (Å²) in [5, 5.41) is 14.4. The highest BCUT2D eigenvalue weighted by molar-refractivity contribution is 6.06. The van der Waals surface area contributed by atoms with Crippen molar-refractivity contribution in [3.05, 3.63) is 41.9 Å². The molecule has 7 nitrogen and oxygen atoms in total. The number of carboxylic acids is 1. The van der Waals surface area contributed by atoms with Crippen molar-refractivity contribution in [1.29, 1.82) is 0 Å². The zero-order valence-electron chi connectivity index (χ0n) is 13.1. The van der Waals surface area contributed by atoms with E-state index in [1.165, 1.54) is 0 Å². The van der Waals surface area contributed by atoms with E-state index in [1.54, 1.807) is 38.1 Å². The molecule has 3 aromatic rings. The highest BCUT2D eigenvalue weighted by atomic mass is 16.5. The van der Waals surface area contributed by atoms with Gasteiger partial charge in [0, 0.05) is 18.2 Å². The van der Waals surface area contributed by atoms with Crippen LogP contribution in [0, 0.1) is 6.92 Å². The van der Waals surface area contributed by atoms with E-state index < -0.39 is 5.97 Å². The molecule has 3 rings (SSSR count). The summed E-state index contributed by atoms with van der Waals surface area (Å²) in [4.78, 5) is 11.7. The Morgan fingerprint density at radius 3 is 2.78 bits per heavy atom. The van der Waals surface area contributed by atoms with Crippen LogP contribution in [0.5, 0.6) is 5.75 Å². The van der Waals surface area contributed by atoms with Gasteiger partial charge in [-0.15, -0.1) is 0 Å². The number of carbonyl (C=O) groups is 1. The molecule has 0 atom stereocenters. The number of rotatable bonds is 5. The van der Waals surface area contributed by atoms with Crippen molar-refractivity contribution in [3.63, 3.8) is 0 Å². The molecule has 0 saturated heterocycles. The zero-order valence-corrected chi connectivity index (χ0v) is 13.1. The van der Waals surface area contributed by atoms with E-state index >= 15 is 0 Å². The van der Waals surface area contributed by atoms with Crippen molar-refractivity contribution in [2.24, 2.45) is 0 Å². The van der Waals surface area contributed by atoms with E-state index in [-0.39, 0.29) is 5.56 Å². The Labute approximate surface area is 132 Å². The van der Waals surface area contributed by atoms with Crippen molar-refractivity contribution in [2.45, 2.75) is 13.7 Å². The number of aromatic nitrogens is 3. The second kappa shape index (κ2) is 5.77. The van der Waals surface area contributed by atoms with Crippen LogP contribution < -0.4 is 4.74 Å². The summed E-state index contributed by atoms with van der Waals surface area (Å²) in [7, 11) is 3.15. The van der Waals surface area contributed by atoms with E-state index in [0.717, 1.165) is 11.2 Å². The minimum Gasteiger partial charge on any atom is -0.497 e. The van der Waals surface area contributed by atoms with Gasteiger partial charge < -0.3 is 19.1 Å². The highest BCUT2D eigenvalue weighted by Crippen LogP contribution is 2.31. The average molecular weight is 315 g/mol. The third-order valence-corrected chi connectivity index (χ3v) is 3.76. The van der Waals surface area contributed by atoms with Gasteiger partial charge in [-0.2, -0.15) is 5.10 Å². The smallest absolute Gasteiger partial charge is 0.338 e. The van der Waals surface area contributed by atoms with Crippen LogP contribution in [0.1, 0.15) is 16.1 Å². The quantitative estimate of drug-likeness (QED) is 0.782. The average Bonchev–Trinajstić information content (AvgIpc) is 3.08. The standard InChI is InChI=1S/C16H17N3O4/c1-10-15(16(20)21)13-6-12(23-3)4-5-14(13)19(10)11-7-17-18(8-11)9-22-2/h4-8H,9H2,1-3H3,(H,20,21). The topological polar surface area (TPSA) is 78.5 Å². The first-order valence-electron chi connectivity index (χ1n) is 7.01. The van der Waals surface area contributed by atoms with Crippen LogP contribution in [0.3, 0.4) is 0 Å². The number of aromatic carboxylic acids is 1. The molecule has 0 spiro atoms. The van der Waals surface area contributed by atoms with Gasteiger partial charge in [0.15, 0.2) is 0 Å². The van der Waals surface area contributed by atoms with E-state index in [4.69, 9.17) is 9.47 Å². The van der Waals surface area contributed by atoms with Crippen molar-refractivity contribution < 1.29 is 19.4 Å². The molecule has 120 valence electrons. The maximum absolute atomic E-state index is 11.7. The number of hydrogen-bond donors (Lipinski definition) is 1. The fourth-order valence-corrected chi connectivity index (χ4v) is 2.80. The van der Waals surface area contributed by atoms with Gasteiger partial charge in [-0.25, -0.2) is 9.48 Å². The molecule has 2 heterocycles. The molecular weight excluding hydrogens is 298 g/mol. The molecule has 0 bridgehead atoms. The van der Waals surface area contributed by atoms with Gasteiger partial charge >= 0.3 is 5.97 Å². The monoisotopic (exact) mass is 315 g/mol. The summed E-state index contributed by atoms with van der Waals surface area (Å²) < 4.78 is 13.8. The Hall–Kier alpha value is -2.80. The molecule has 1 N–H and O–H groups in total. The summed E-state index contributed by atoms with van der Waals surface area (Å²) >= 11 is 0. The third kappa shape index (κ3) is 2.44. The van der Waals surface area contributed by atoms with Gasteiger partial charge in [0.05, 0.1) is 36.3 Å². The summed E-state index contributed by atoms with van der Waals surface area (Å²) in [6.45, 7) is 2.11. The predicted octanol–water partition coefficient (Wildman–Crippen LogP) is 2.45. The molecule has 0 aliphatic heterocycles. The van der Waals surface area contributed by atoms with Gasteiger partial charge in [-0.1, -0.05) is 0 Å². The predicted molar refractivity (Wildman–Crippen MR) is 84.3 cm³/mol. The molecule has 2 aromatic heterocycles. The minimum absolute atomic E-state index is 0.262. The number of hydrogen-bond acceptors (Lipinski definition) is 4. The molecule has 7 heteroatoms. The molecule has 0 saturated carbocycles. The summed E-state index contributed by atoms with van der Waals surface area (Å²) in [6.07, 6.45) is 3.49. The molecular formula is C16H17N3O4. The normalized spacial score (nSPS) is 11.1. The van der Waals surface area contributed by atoms with E-state index in [1.807, 2.05) is 22.9 Å². The van der Waals surface area contributed by atoms with Gasteiger partial charge in [0.25, 0.3) is 0 Å². The van der Waals surface area contributed by atoms with E-state index in [2.05, 4.69) is 5.10 Å². The lowest BCUT2D eigenvalue weighted by Gasteiger charge is -2.05. The second-order valence-electron chi connectivity index (χ2n) is 5.14. The molecule has 0 amide bonds. The van der Waals surface area contributed by atoms with Crippen molar-refractivity contribution in [1.82, 2.24) is 14.3 Å². The number of benzene rings is 1. The first kappa shape index (κ1) is 15.1. The molecule has 0 aliphatic rings. The van der Waals surface area contributed by atoms with Gasteiger partial charge in [-0.05, 0) is 25.1 Å². The van der Waals surface area contributed by atoms with Gasteiger partial charge in [-0.3, -0.25) is 0 Å². The number of ether oxygens (including phenoxy) is 2. The highest BCUT2D eigenvalue weighted by Gasteiger charge is 2.21. The number of nitrogens with zero attached hydrogens (tertiary/aromatic N) is 3. The Bertz CT molecular complexity index is 879. The van der Waals surface area contributed by atoms with Crippen LogP contribution in [-0.2, 0) is 11.5 Å². The molecule has 0 radical (unpaired) electrons. The molecule has 1 aromatic carbocycles. The molecule has 0 unspecified atom stereocenters. The Balaban J connectivity index is 2.27. The Morgan fingerprint density at radius 2 is 2.13 bits per heavy atom. The van der Waals surface area contributed by atoms with E-state index in [9.17, 15) is 9.90 Å². The van der Waals surface area contributed by atoms with Crippen LogP contribution in [0.2, 0.25) is 0 Å². The van der Waals surface area contributed by atoms with Crippen LogP contribution in [-0.4, -0.2) is 39.6 Å².